The molecular formula is C28H28ClF2N7O2S. The molecule has 2 saturated heterocycles. The van der Waals surface area contributed by atoms with Crippen LogP contribution in [0.15, 0.2) is 61.1 Å². The smallest absolute Gasteiger partial charge is 0.277 e. The molecular weight excluding hydrogens is 572 g/mol. The number of benzene rings is 2. The van der Waals surface area contributed by atoms with Crippen LogP contribution in [0, 0.1) is 11.6 Å². The summed E-state index contributed by atoms with van der Waals surface area (Å²) in [4.78, 5) is 6.06. The first kappa shape index (κ1) is 27.7. The lowest BCUT2D eigenvalue weighted by Crippen LogP contribution is -2.43. The Bertz CT molecular complexity index is 1700. The summed E-state index contributed by atoms with van der Waals surface area (Å²) < 4.78 is 58.7. The Balaban J connectivity index is 1.47. The van der Waals surface area contributed by atoms with Gasteiger partial charge in [-0.1, -0.05) is 11.6 Å². The summed E-state index contributed by atoms with van der Waals surface area (Å²) >= 11 is 6.48. The molecule has 6 rings (SSSR count). The van der Waals surface area contributed by atoms with Gasteiger partial charge in [0.05, 0.1) is 17.4 Å². The molecule has 41 heavy (non-hydrogen) atoms. The van der Waals surface area contributed by atoms with Gasteiger partial charge in [-0.15, -0.1) is 0 Å². The van der Waals surface area contributed by atoms with Crippen molar-refractivity contribution in [3.63, 3.8) is 0 Å². The SMILES string of the molecule is NS(=O)(=O)N1CCCC1c1cc(Cl)cc(-c2cn(-c3ccc(N4CCNCC4)c(F)c3)nc2-c2ccncc2)c1F. The lowest BCUT2D eigenvalue weighted by Gasteiger charge is -2.29. The Kier molecular flexibility index (Phi) is 7.51. The van der Waals surface area contributed by atoms with E-state index in [4.69, 9.17) is 21.8 Å². The predicted octanol–water partition coefficient (Wildman–Crippen LogP) is 4.28. The van der Waals surface area contributed by atoms with Gasteiger partial charge in [0, 0.05) is 84.7 Å². The Morgan fingerprint density at radius 1 is 1.00 bits per heavy atom. The molecule has 0 amide bonds. The van der Waals surface area contributed by atoms with E-state index in [1.165, 1.54) is 22.9 Å². The molecule has 2 aromatic carbocycles. The molecule has 0 radical (unpaired) electrons. The fourth-order valence-electron chi connectivity index (χ4n) is 5.63. The zero-order chi connectivity index (χ0) is 28.7. The average molecular weight is 600 g/mol. The Morgan fingerprint density at radius 3 is 2.46 bits per heavy atom. The number of piperazine rings is 1. The monoisotopic (exact) mass is 599 g/mol. The maximum absolute atomic E-state index is 16.3. The van der Waals surface area contributed by atoms with Gasteiger partial charge in [-0.2, -0.15) is 17.8 Å². The van der Waals surface area contributed by atoms with Gasteiger partial charge in [0.2, 0.25) is 0 Å². The Hall–Kier alpha value is -3.42. The number of nitrogens with one attached hydrogen (secondary N) is 1. The van der Waals surface area contributed by atoms with E-state index in [2.05, 4.69) is 10.3 Å². The first-order chi connectivity index (χ1) is 19.7. The number of rotatable bonds is 6. The summed E-state index contributed by atoms with van der Waals surface area (Å²) in [5.74, 6) is -1.00. The second-order valence-corrected chi connectivity index (χ2v) is 12.1. The molecule has 0 aliphatic carbocycles. The van der Waals surface area contributed by atoms with Crippen LogP contribution in [0.25, 0.3) is 28.1 Å². The fourth-order valence-corrected chi connectivity index (χ4v) is 6.82. The van der Waals surface area contributed by atoms with Crippen LogP contribution in [0.1, 0.15) is 24.4 Å². The van der Waals surface area contributed by atoms with E-state index >= 15 is 8.78 Å². The summed E-state index contributed by atoms with van der Waals surface area (Å²) in [6, 6.07) is 10.5. The molecule has 2 aliphatic heterocycles. The van der Waals surface area contributed by atoms with Crippen molar-refractivity contribution < 1.29 is 17.2 Å². The van der Waals surface area contributed by atoms with Gasteiger partial charge >= 0.3 is 0 Å². The molecule has 2 aromatic heterocycles. The summed E-state index contributed by atoms with van der Waals surface area (Å²) in [7, 11) is -4.05. The summed E-state index contributed by atoms with van der Waals surface area (Å²) in [5, 5.41) is 13.6. The third-order valence-electron chi connectivity index (χ3n) is 7.57. The Labute approximate surface area is 241 Å². The number of pyridine rings is 1. The molecule has 13 heteroatoms. The Morgan fingerprint density at radius 2 is 1.76 bits per heavy atom. The van der Waals surface area contributed by atoms with Crippen molar-refractivity contribution in [2.45, 2.75) is 18.9 Å². The summed E-state index contributed by atoms with van der Waals surface area (Å²) in [6.45, 7) is 3.16. The van der Waals surface area contributed by atoms with Gasteiger partial charge in [-0.05, 0) is 49.2 Å². The molecule has 3 N–H and O–H groups in total. The third-order valence-corrected chi connectivity index (χ3v) is 8.88. The van der Waals surface area contributed by atoms with Gasteiger partial charge in [-0.25, -0.2) is 18.6 Å². The highest BCUT2D eigenvalue weighted by Crippen LogP contribution is 2.41. The van der Waals surface area contributed by atoms with Crippen molar-refractivity contribution in [1.82, 2.24) is 24.4 Å². The van der Waals surface area contributed by atoms with Gasteiger partial charge < -0.3 is 10.2 Å². The van der Waals surface area contributed by atoms with Gasteiger partial charge in [0.25, 0.3) is 10.2 Å². The number of nitrogens with zero attached hydrogens (tertiary/aromatic N) is 5. The first-order valence-electron chi connectivity index (χ1n) is 13.3. The van der Waals surface area contributed by atoms with Crippen LogP contribution in [-0.2, 0) is 10.2 Å². The highest BCUT2D eigenvalue weighted by Gasteiger charge is 2.36. The van der Waals surface area contributed by atoms with E-state index in [0.29, 0.717) is 54.1 Å². The number of hydrogen-bond acceptors (Lipinski definition) is 6. The molecule has 0 saturated carbocycles. The van der Waals surface area contributed by atoms with Crippen LogP contribution in [0.3, 0.4) is 0 Å². The van der Waals surface area contributed by atoms with Crippen LogP contribution in [0.4, 0.5) is 14.5 Å². The topological polar surface area (TPSA) is 109 Å². The van der Waals surface area contributed by atoms with Gasteiger partial charge in [0.1, 0.15) is 17.3 Å². The number of nitrogens with two attached hydrogens (primary N) is 1. The number of aromatic nitrogens is 3. The quantitative estimate of drug-likeness (QED) is 0.342. The lowest BCUT2D eigenvalue weighted by molar-refractivity contribution is 0.387. The normalized spacial score (nSPS) is 18.2. The van der Waals surface area contributed by atoms with E-state index in [0.717, 1.165) is 17.4 Å². The first-order valence-corrected chi connectivity index (χ1v) is 15.1. The molecule has 9 nitrogen and oxygen atoms in total. The zero-order valence-electron chi connectivity index (χ0n) is 22.0. The largest absolute Gasteiger partial charge is 0.367 e. The van der Waals surface area contributed by atoms with Crippen LogP contribution >= 0.6 is 11.6 Å². The molecule has 1 unspecified atom stereocenters. The van der Waals surface area contributed by atoms with Crippen molar-refractivity contribution in [2.24, 2.45) is 5.14 Å². The molecule has 2 fully saturated rings. The van der Waals surface area contributed by atoms with Crippen molar-refractivity contribution in [2.75, 3.05) is 37.6 Å². The zero-order valence-corrected chi connectivity index (χ0v) is 23.5. The lowest BCUT2D eigenvalue weighted by atomic mass is 9.96. The second-order valence-electron chi connectivity index (χ2n) is 10.1. The molecule has 4 aromatic rings. The van der Waals surface area contributed by atoms with E-state index < -0.39 is 22.1 Å². The third kappa shape index (κ3) is 5.45. The molecule has 4 heterocycles. The molecule has 2 aliphatic rings. The van der Waals surface area contributed by atoms with Gasteiger partial charge in [0.15, 0.2) is 0 Å². The minimum atomic E-state index is -4.05. The van der Waals surface area contributed by atoms with E-state index in [9.17, 15) is 8.42 Å². The van der Waals surface area contributed by atoms with Crippen LogP contribution in [0.2, 0.25) is 5.02 Å². The highest BCUT2D eigenvalue weighted by atomic mass is 35.5. The fraction of sp³-hybridized carbons (Fsp3) is 0.286. The van der Waals surface area contributed by atoms with E-state index in [1.54, 1.807) is 42.9 Å². The number of halogens is 3. The standard InChI is InChI=1S/C28H28ClF2N7O2S/c29-19-14-21(27(31)22(15-19)25-2-1-11-38(25)41(32,39)40)23-17-37(35-28(23)18-5-7-33-8-6-18)20-3-4-26(24(30)16-20)36-12-9-34-10-13-36/h3-8,14-17,25,34H,1-2,9-13H2,(H2,32,39,40). The van der Waals surface area contributed by atoms with Gasteiger partial charge in [-0.3, -0.25) is 4.98 Å². The molecule has 0 spiro atoms. The van der Waals surface area contributed by atoms with Crippen LogP contribution < -0.4 is 15.4 Å². The minimum absolute atomic E-state index is 0.138. The minimum Gasteiger partial charge on any atom is -0.367 e. The maximum Gasteiger partial charge on any atom is 0.277 e. The molecule has 0 bridgehead atoms. The maximum atomic E-state index is 16.3. The van der Waals surface area contributed by atoms with Crippen LogP contribution in [-0.4, -0.2) is 60.2 Å². The van der Waals surface area contributed by atoms with Crippen molar-refractivity contribution in [3.05, 3.63) is 83.3 Å². The molecule has 1 atom stereocenters. The van der Waals surface area contributed by atoms with Crippen LogP contribution in [0.5, 0.6) is 0 Å². The predicted molar refractivity (Wildman–Crippen MR) is 154 cm³/mol. The molecule has 214 valence electrons. The van der Waals surface area contributed by atoms with E-state index in [-0.39, 0.29) is 28.5 Å². The number of anilines is 1. The summed E-state index contributed by atoms with van der Waals surface area (Å²) in [5.41, 5.74) is 2.76. The highest BCUT2D eigenvalue weighted by molar-refractivity contribution is 7.86. The van der Waals surface area contributed by atoms with Crippen molar-refractivity contribution >= 4 is 27.5 Å². The second kappa shape index (κ2) is 11.1. The number of hydrogen-bond donors (Lipinski definition) is 2. The average Bonchev–Trinajstić information content (AvgIpc) is 3.63. The van der Waals surface area contributed by atoms with Crippen molar-refractivity contribution in [3.8, 4) is 28.1 Å². The van der Waals surface area contributed by atoms with Crippen molar-refractivity contribution in [1.29, 1.82) is 0 Å². The summed E-state index contributed by atoms with van der Waals surface area (Å²) in [6.07, 6.45) is 5.77. The van der Waals surface area contributed by atoms with E-state index in [1.807, 2.05) is 4.90 Å².